The Morgan fingerprint density at radius 3 is 2.25 bits per heavy atom. The number of aromatic nitrogens is 3. The second kappa shape index (κ2) is 10.3. The summed E-state index contributed by atoms with van der Waals surface area (Å²) >= 11 is 0. The standard InChI is InChI=1S/C29H25N3O4/c1-20-26(30-29(35-20)24-11-7-4-8-12-24)19-34-25-15-13-22(14-16-25)17-32-18-27(36-21(2)33)28(31-32)23-9-5-3-6-10-23/h3-16,18H,17,19H2,1-2H3. The Morgan fingerprint density at radius 2 is 1.58 bits per heavy atom. The van der Waals surface area contributed by atoms with Gasteiger partial charge in [-0.15, -0.1) is 0 Å². The van der Waals surface area contributed by atoms with Crippen molar-refractivity contribution < 1.29 is 18.7 Å². The zero-order chi connectivity index (χ0) is 24.9. The Hall–Kier alpha value is -4.65. The number of rotatable bonds is 8. The SMILES string of the molecule is CC(=O)Oc1cn(Cc2ccc(OCc3nc(-c4ccccc4)oc3C)cc2)nc1-c1ccccc1. The molecule has 3 aromatic carbocycles. The van der Waals surface area contributed by atoms with Crippen molar-refractivity contribution in [1.82, 2.24) is 14.8 Å². The van der Waals surface area contributed by atoms with Crippen molar-refractivity contribution in [2.75, 3.05) is 0 Å². The summed E-state index contributed by atoms with van der Waals surface area (Å²) in [6.07, 6.45) is 1.74. The zero-order valence-corrected chi connectivity index (χ0v) is 20.0. The number of carbonyl (C=O) groups is 1. The van der Waals surface area contributed by atoms with Gasteiger partial charge in [0.25, 0.3) is 0 Å². The molecule has 0 fully saturated rings. The molecule has 0 spiro atoms. The molecule has 0 aliphatic carbocycles. The average molecular weight is 480 g/mol. The van der Waals surface area contributed by atoms with Crippen molar-refractivity contribution in [2.24, 2.45) is 0 Å². The first-order valence-corrected chi connectivity index (χ1v) is 11.6. The van der Waals surface area contributed by atoms with E-state index in [4.69, 9.17) is 13.9 Å². The van der Waals surface area contributed by atoms with Crippen LogP contribution in [0.3, 0.4) is 0 Å². The smallest absolute Gasteiger partial charge is 0.308 e. The number of hydrogen-bond donors (Lipinski definition) is 0. The summed E-state index contributed by atoms with van der Waals surface area (Å²) in [5, 5.41) is 4.65. The Bertz CT molecular complexity index is 1460. The van der Waals surface area contributed by atoms with Crippen molar-refractivity contribution in [3.8, 4) is 34.2 Å². The van der Waals surface area contributed by atoms with E-state index >= 15 is 0 Å². The van der Waals surface area contributed by atoms with Crippen LogP contribution in [0, 0.1) is 6.92 Å². The van der Waals surface area contributed by atoms with Crippen molar-refractivity contribution in [3.05, 3.63) is 108 Å². The highest BCUT2D eigenvalue weighted by molar-refractivity contribution is 5.74. The monoisotopic (exact) mass is 479 g/mol. The number of benzene rings is 3. The van der Waals surface area contributed by atoms with Crippen LogP contribution in [0.4, 0.5) is 0 Å². The highest BCUT2D eigenvalue weighted by Gasteiger charge is 2.15. The van der Waals surface area contributed by atoms with Gasteiger partial charge in [-0.05, 0) is 36.8 Å². The third-order valence-electron chi connectivity index (χ3n) is 5.59. The Kier molecular flexibility index (Phi) is 6.62. The van der Waals surface area contributed by atoms with E-state index in [1.165, 1.54) is 6.92 Å². The summed E-state index contributed by atoms with van der Waals surface area (Å²) in [5.74, 6) is 2.11. The maximum Gasteiger partial charge on any atom is 0.308 e. The average Bonchev–Trinajstić information content (AvgIpc) is 3.47. The minimum atomic E-state index is -0.383. The second-order valence-corrected chi connectivity index (χ2v) is 8.32. The third-order valence-corrected chi connectivity index (χ3v) is 5.59. The molecule has 0 amide bonds. The molecule has 0 bridgehead atoms. The number of esters is 1. The topological polar surface area (TPSA) is 79.4 Å². The summed E-state index contributed by atoms with van der Waals surface area (Å²) in [4.78, 5) is 16.2. The van der Waals surface area contributed by atoms with Gasteiger partial charge in [-0.1, -0.05) is 60.7 Å². The molecular weight excluding hydrogens is 454 g/mol. The fourth-order valence-corrected chi connectivity index (χ4v) is 3.81. The maximum atomic E-state index is 11.6. The molecule has 0 radical (unpaired) electrons. The fourth-order valence-electron chi connectivity index (χ4n) is 3.81. The van der Waals surface area contributed by atoms with Gasteiger partial charge in [0.2, 0.25) is 5.89 Å². The van der Waals surface area contributed by atoms with Gasteiger partial charge in [0.1, 0.15) is 29.5 Å². The molecule has 0 saturated heterocycles. The van der Waals surface area contributed by atoms with Crippen LogP contribution < -0.4 is 9.47 Å². The van der Waals surface area contributed by atoms with Crippen molar-refractivity contribution >= 4 is 5.97 Å². The lowest BCUT2D eigenvalue weighted by molar-refractivity contribution is -0.131. The van der Waals surface area contributed by atoms with Crippen LogP contribution in [-0.2, 0) is 17.9 Å². The number of oxazole rings is 1. The maximum absolute atomic E-state index is 11.6. The van der Waals surface area contributed by atoms with Gasteiger partial charge < -0.3 is 13.9 Å². The minimum Gasteiger partial charge on any atom is -0.487 e. The largest absolute Gasteiger partial charge is 0.487 e. The summed E-state index contributed by atoms with van der Waals surface area (Å²) in [6.45, 7) is 4.10. The molecule has 0 aliphatic rings. The van der Waals surface area contributed by atoms with Crippen molar-refractivity contribution in [3.63, 3.8) is 0 Å². The second-order valence-electron chi connectivity index (χ2n) is 8.32. The summed E-state index contributed by atoms with van der Waals surface area (Å²) in [6, 6.07) is 27.2. The summed E-state index contributed by atoms with van der Waals surface area (Å²) in [5.41, 5.74) is 4.24. The predicted molar refractivity (Wildman–Crippen MR) is 136 cm³/mol. The van der Waals surface area contributed by atoms with Crippen LogP contribution in [0.15, 0.2) is 95.5 Å². The molecule has 180 valence electrons. The van der Waals surface area contributed by atoms with E-state index in [0.717, 1.165) is 33.9 Å². The van der Waals surface area contributed by atoms with Gasteiger partial charge in [-0.2, -0.15) is 5.10 Å². The number of ether oxygens (including phenoxy) is 2. The summed E-state index contributed by atoms with van der Waals surface area (Å²) in [7, 11) is 0. The van der Waals surface area contributed by atoms with E-state index in [-0.39, 0.29) is 5.97 Å². The summed E-state index contributed by atoms with van der Waals surface area (Å²) < 4.78 is 18.9. The Labute approximate surface area is 208 Å². The number of nitrogens with zero attached hydrogens (tertiary/aromatic N) is 3. The first-order chi connectivity index (χ1) is 17.5. The molecule has 7 heteroatoms. The van der Waals surface area contributed by atoms with Gasteiger partial charge in [-0.25, -0.2) is 4.98 Å². The normalized spacial score (nSPS) is 10.8. The van der Waals surface area contributed by atoms with Crippen LogP contribution in [0.2, 0.25) is 0 Å². The molecule has 36 heavy (non-hydrogen) atoms. The lowest BCUT2D eigenvalue weighted by Gasteiger charge is -2.06. The molecular formula is C29H25N3O4. The first kappa shape index (κ1) is 23.1. The van der Waals surface area contributed by atoms with E-state index in [1.807, 2.05) is 91.9 Å². The van der Waals surface area contributed by atoms with Crippen molar-refractivity contribution in [1.29, 1.82) is 0 Å². The molecule has 0 aliphatic heterocycles. The Morgan fingerprint density at radius 1 is 0.917 bits per heavy atom. The van der Waals surface area contributed by atoms with Gasteiger partial charge in [-0.3, -0.25) is 9.48 Å². The van der Waals surface area contributed by atoms with Crippen LogP contribution in [-0.4, -0.2) is 20.7 Å². The molecule has 0 atom stereocenters. The lowest BCUT2D eigenvalue weighted by Crippen LogP contribution is -2.02. The van der Waals surface area contributed by atoms with Gasteiger partial charge >= 0.3 is 5.97 Å². The molecule has 5 aromatic rings. The van der Waals surface area contributed by atoms with Crippen LogP contribution in [0.1, 0.15) is 23.9 Å². The number of aryl methyl sites for hydroxylation is 1. The van der Waals surface area contributed by atoms with E-state index < -0.39 is 0 Å². The molecule has 0 N–H and O–H groups in total. The first-order valence-electron chi connectivity index (χ1n) is 11.6. The molecule has 5 rings (SSSR count). The quantitative estimate of drug-likeness (QED) is 0.252. The highest BCUT2D eigenvalue weighted by Crippen LogP contribution is 2.29. The number of carbonyl (C=O) groups excluding carboxylic acids is 1. The molecule has 2 aromatic heterocycles. The predicted octanol–water partition coefficient (Wildman–Crippen LogP) is 6.07. The molecule has 2 heterocycles. The van der Waals surface area contributed by atoms with Crippen LogP contribution in [0.25, 0.3) is 22.7 Å². The zero-order valence-electron chi connectivity index (χ0n) is 20.0. The Balaban J connectivity index is 1.26. The van der Waals surface area contributed by atoms with Gasteiger partial charge in [0.15, 0.2) is 5.75 Å². The van der Waals surface area contributed by atoms with Gasteiger partial charge in [0, 0.05) is 18.1 Å². The fraction of sp³-hybridized carbons (Fsp3) is 0.138. The lowest BCUT2D eigenvalue weighted by atomic mass is 10.1. The van der Waals surface area contributed by atoms with Crippen LogP contribution >= 0.6 is 0 Å². The van der Waals surface area contributed by atoms with E-state index in [1.54, 1.807) is 10.9 Å². The van der Waals surface area contributed by atoms with E-state index in [2.05, 4.69) is 10.1 Å². The van der Waals surface area contributed by atoms with E-state index in [0.29, 0.717) is 30.5 Å². The molecule has 0 saturated carbocycles. The van der Waals surface area contributed by atoms with E-state index in [9.17, 15) is 4.79 Å². The minimum absolute atomic E-state index is 0.312. The van der Waals surface area contributed by atoms with Gasteiger partial charge in [0.05, 0.1) is 12.7 Å². The van der Waals surface area contributed by atoms with Crippen LogP contribution in [0.5, 0.6) is 11.5 Å². The molecule has 7 nitrogen and oxygen atoms in total. The molecule has 0 unspecified atom stereocenters. The number of hydrogen-bond acceptors (Lipinski definition) is 6. The highest BCUT2D eigenvalue weighted by atomic mass is 16.5. The third kappa shape index (κ3) is 5.36. The van der Waals surface area contributed by atoms with Crippen molar-refractivity contribution in [2.45, 2.75) is 27.0 Å².